The van der Waals surface area contributed by atoms with Crippen LogP contribution in [0.2, 0.25) is 0 Å². The summed E-state index contributed by atoms with van der Waals surface area (Å²) in [5.41, 5.74) is 0. The molecule has 5 heteroatoms. The Kier molecular flexibility index (Phi) is 4.97. The van der Waals surface area contributed by atoms with Crippen molar-refractivity contribution in [2.45, 2.75) is 13.0 Å². The first kappa shape index (κ1) is 12.5. The molecule has 0 aromatic carbocycles. The fourth-order valence-corrected chi connectivity index (χ4v) is 2.44. The number of hydrogen-bond acceptors (Lipinski definition) is 4. The van der Waals surface area contributed by atoms with E-state index in [4.69, 9.17) is 4.74 Å². The number of ether oxygens (including phenoxy) is 1. The van der Waals surface area contributed by atoms with Crippen molar-refractivity contribution < 1.29 is 9.53 Å². The number of rotatable bonds is 5. The van der Waals surface area contributed by atoms with Gasteiger partial charge in [-0.25, -0.2) is 0 Å². The van der Waals surface area contributed by atoms with Gasteiger partial charge < -0.3 is 15.0 Å². The third-order valence-electron chi connectivity index (χ3n) is 2.75. The van der Waals surface area contributed by atoms with Crippen molar-refractivity contribution in [3.63, 3.8) is 0 Å². The van der Waals surface area contributed by atoms with E-state index < -0.39 is 0 Å². The summed E-state index contributed by atoms with van der Waals surface area (Å²) >= 11 is 1.68. The topological polar surface area (TPSA) is 41.6 Å². The molecule has 1 aromatic heterocycles. The lowest BCUT2D eigenvalue weighted by Crippen LogP contribution is -2.46. The van der Waals surface area contributed by atoms with Crippen molar-refractivity contribution in [2.75, 3.05) is 32.8 Å². The Labute approximate surface area is 106 Å². The predicted molar refractivity (Wildman–Crippen MR) is 68.0 cm³/mol. The molecule has 0 spiro atoms. The molecule has 0 bridgehead atoms. The van der Waals surface area contributed by atoms with Gasteiger partial charge in [-0.2, -0.15) is 0 Å². The number of nitrogens with one attached hydrogen (secondary N) is 1. The number of nitrogens with zero attached hydrogens (tertiary/aromatic N) is 1. The zero-order chi connectivity index (χ0) is 11.9. The quantitative estimate of drug-likeness (QED) is 0.800. The minimum Gasteiger partial charge on any atom is -0.375 e. The van der Waals surface area contributed by atoms with Crippen LogP contribution in [0.15, 0.2) is 17.5 Å². The molecule has 2 rings (SSSR count). The van der Waals surface area contributed by atoms with E-state index in [0.717, 1.165) is 26.2 Å². The van der Waals surface area contributed by atoms with E-state index in [2.05, 4.69) is 5.32 Å². The number of carbonyl (C=O) groups is 1. The molecule has 1 N–H and O–H groups in total. The normalized spacial score (nSPS) is 16.1. The van der Waals surface area contributed by atoms with E-state index in [1.165, 1.54) is 4.88 Å². The predicted octanol–water partition coefficient (Wildman–Crippen LogP) is 1.09. The van der Waals surface area contributed by atoms with Crippen molar-refractivity contribution >= 4 is 17.2 Å². The number of hydrogen-bond donors (Lipinski definition) is 1. The van der Waals surface area contributed by atoms with Crippen molar-refractivity contribution in [2.24, 2.45) is 0 Å². The lowest BCUT2D eigenvalue weighted by molar-refractivity contribution is -0.133. The van der Waals surface area contributed by atoms with Gasteiger partial charge in [0.1, 0.15) is 0 Å². The lowest BCUT2D eigenvalue weighted by atomic mass is 10.3. The highest BCUT2D eigenvalue weighted by Crippen LogP contribution is 2.09. The van der Waals surface area contributed by atoms with Crippen molar-refractivity contribution in [3.05, 3.63) is 22.4 Å². The minimum absolute atomic E-state index is 0.206. The van der Waals surface area contributed by atoms with Gasteiger partial charge in [-0.15, -0.1) is 11.3 Å². The molecule has 4 nitrogen and oxygen atoms in total. The monoisotopic (exact) mass is 254 g/mol. The fourth-order valence-electron chi connectivity index (χ4n) is 1.80. The van der Waals surface area contributed by atoms with Gasteiger partial charge >= 0.3 is 0 Å². The minimum atomic E-state index is 0.206. The molecule has 0 atom stereocenters. The molecule has 0 aliphatic carbocycles. The number of amides is 1. The van der Waals surface area contributed by atoms with E-state index in [1.54, 1.807) is 11.3 Å². The summed E-state index contributed by atoms with van der Waals surface area (Å²) in [6.07, 6.45) is 0.491. The second kappa shape index (κ2) is 6.74. The summed E-state index contributed by atoms with van der Waals surface area (Å²) in [6, 6.07) is 4.05. The maximum atomic E-state index is 11.8. The second-order valence-electron chi connectivity index (χ2n) is 4.01. The summed E-state index contributed by atoms with van der Waals surface area (Å²) in [6.45, 7) is 4.59. The molecule has 1 aromatic rings. The molecule has 94 valence electrons. The van der Waals surface area contributed by atoms with Crippen LogP contribution in [0.3, 0.4) is 0 Å². The smallest absolute Gasteiger partial charge is 0.224 e. The number of carbonyl (C=O) groups excluding carboxylic acids is 1. The molecule has 2 heterocycles. The summed E-state index contributed by atoms with van der Waals surface area (Å²) in [5.74, 6) is 0.206. The molecule has 0 saturated carbocycles. The van der Waals surface area contributed by atoms with Crippen LogP contribution >= 0.6 is 11.3 Å². The van der Waals surface area contributed by atoms with Crippen LogP contribution in [-0.4, -0.2) is 43.6 Å². The standard InChI is InChI=1S/C12H18N2O2S/c15-12(14-6-4-13-5-7-14)3-8-16-10-11-2-1-9-17-11/h1-2,9,13H,3-8,10H2. The van der Waals surface area contributed by atoms with Gasteiger partial charge in [0.05, 0.1) is 19.6 Å². The van der Waals surface area contributed by atoms with Crippen LogP contribution in [0.1, 0.15) is 11.3 Å². The average Bonchev–Trinajstić information content (AvgIpc) is 2.88. The molecule has 0 unspecified atom stereocenters. The SMILES string of the molecule is O=C(CCOCc1cccs1)N1CCNCC1. The average molecular weight is 254 g/mol. The van der Waals surface area contributed by atoms with Gasteiger partial charge in [0, 0.05) is 31.1 Å². The molecular weight excluding hydrogens is 236 g/mol. The molecule has 1 aliphatic heterocycles. The summed E-state index contributed by atoms with van der Waals surface area (Å²) < 4.78 is 5.49. The molecular formula is C12H18N2O2S. The van der Waals surface area contributed by atoms with Gasteiger partial charge in [0.25, 0.3) is 0 Å². The number of piperazine rings is 1. The van der Waals surface area contributed by atoms with Crippen LogP contribution in [0.25, 0.3) is 0 Å². The lowest BCUT2D eigenvalue weighted by Gasteiger charge is -2.27. The van der Waals surface area contributed by atoms with Crippen molar-refractivity contribution in [3.8, 4) is 0 Å². The molecule has 0 radical (unpaired) electrons. The highest BCUT2D eigenvalue weighted by Gasteiger charge is 2.15. The highest BCUT2D eigenvalue weighted by molar-refractivity contribution is 7.09. The maximum absolute atomic E-state index is 11.8. The van der Waals surface area contributed by atoms with Crippen LogP contribution in [-0.2, 0) is 16.1 Å². The third-order valence-corrected chi connectivity index (χ3v) is 3.60. The van der Waals surface area contributed by atoms with Gasteiger partial charge in [-0.1, -0.05) is 6.07 Å². The Morgan fingerprint density at radius 1 is 1.47 bits per heavy atom. The molecule has 1 amide bonds. The van der Waals surface area contributed by atoms with Crippen LogP contribution < -0.4 is 5.32 Å². The highest BCUT2D eigenvalue weighted by atomic mass is 32.1. The Morgan fingerprint density at radius 3 is 3.00 bits per heavy atom. The van der Waals surface area contributed by atoms with Crippen molar-refractivity contribution in [1.29, 1.82) is 0 Å². The Balaban J connectivity index is 1.59. The molecule has 17 heavy (non-hydrogen) atoms. The summed E-state index contributed by atoms with van der Waals surface area (Å²) in [4.78, 5) is 14.9. The van der Waals surface area contributed by atoms with Gasteiger partial charge in [0.2, 0.25) is 5.91 Å². The fraction of sp³-hybridized carbons (Fsp3) is 0.583. The summed E-state index contributed by atoms with van der Waals surface area (Å²) in [7, 11) is 0. The van der Waals surface area contributed by atoms with E-state index >= 15 is 0 Å². The number of thiophene rings is 1. The zero-order valence-electron chi connectivity index (χ0n) is 9.85. The first-order valence-corrected chi connectivity index (χ1v) is 6.83. The van der Waals surface area contributed by atoms with Crippen molar-refractivity contribution in [1.82, 2.24) is 10.2 Å². The van der Waals surface area contributed by atoms with Gasteiger partial charge in [0.15, 0.2) is 0 Å². The van der Waals surface area contributed by atoms with Gasteiger partial charge in [-0.05, 0) is 11.4 Å². The maximum Gasteiger partial charge on any atom is 0.224 e. The Morgan fingerprint density at radius 2 is 2.29 bits per heavy atom. The molecule has 1 fully saturated rings. The van der Waals surface area contributed by atoms with Crippen LogP contribution in [0.5, 0.6) is 0 Å². The van der Waals surface area contributed by atoms with Crippen LogP contribution in [0, 0.1) is 0 Å². The Hall–Kier alpha value is -0.910. The van der Waals surface area contributed by atoms with E-state index in [-0.39, 0.29) is 5.91 Å². The molecule has 1 saturated heterocycles. The first-order chi connectivity index (χ1) is 8.36. The zero-order valence-corrected chi connectivity index (χ0v) is 10.7. The van der Waals surface area contributed by atoms with Gasteiger partial charge in [-0.3, -0.25) is 4.79 Å². The third kappa shape index (κ3) is 4.11. The molecule has 1 aliphatic rings. The van der Waals surface area contributed by atoms with E-state index in [0.29, 0.717) is 19.6 Å². The Bertz CT molecular complexity index is 334. The van der Waals surface area contributed by atoms with Crippen LogP contribution in [0.4, 0.5) is 0 Å². The first-order valence-electron chi connectivity index (χ1n) is 5.95. The largest absolute Gasteiger partial charge is 0.375 e. The van der Waals surface area contributed by atoms with E-state index in [1.807, 2.05) is 22.4 Å². The summed E-state index contributed by atoms with van der Waals surface area (Å²) in [5, 5.41) is 5.26. The second-order valence-corrected chi connectivity index (χ2v) is 5.04. The van der Waals surface area contributed by atoms with E-state index in [9.17, 15) is 4.79 Å².